The Balaban J connectivity index is 1.80. The zero-order valence-corrected chi connectivity index (χ0v) is 12.8. The van der Waals surface area contributed by atoms with E-state index in [0.717, 1.165) is 18.8 Å². The summed E-state index contributed by atoms with van der Waals surface area (Å²) in [6.07, 6.45) is -0.897. The normalized spacial score (nSPS) is 14.5. The fraction of sp³-hybridized carbons (Fsp3) is 0.250. The Bertz CT molecular complexity index is 756. The average Bonchev–Trinajstić information content (AvgIpc) is 2.92. The van der Waals surface area contributed by atoms with Crippen LogP contribution in [0, 0.1) is 5.82 Å². The highest BCUT2D eigenvalue weighted by Crippen LogP contribution is 2.33. The van der Waals surface area contributed by atoms with Crippen LogP contribution in [0.25, 0.3) is 11.3 Å². The highest BCUT2D eigenvalue weighted by molar-refractivity contribution is 5.59. The summed E-state index contributed by atoms with van der Waals surface area (Å²) in [6, 6.07) is 6.08. The van der Waals surface area contributed by atoms with Gasteiger partial charge in [-0.3, -0.25) is 0 Å². The van der Waals surface area contributed by atoms with E-state index in [-0.39, 0.29) is 11.3 Å². The molecule has 0 spiro atoms. The molecule has 0 saturated heterocycles. The van der Waals surface area contributed by atoms with Crippen LogP contribution < -0.4 is 0 Å². The summed E-state index contributed by atoms with van der Waals surface area (Å²) in [5.74, 6) is -1.30. The van der Waals surface area contributed by atoms with Gasteiger partial charge in [0, 0.05) is 25.0 Å². The summed E-state index contributed by atoms with van der Waals surface area (Å²) < 4.78 is 51.7. The molecule has 24 heavy (non-hydrogen) atoms. The Morgan fingerprint density at radius 2 is 1.88 bits per heavy atom. The molecular formula is C16H14F4N4. The zero-order chi connectivity index (χ0) is 17.3. The van der Waals surface area contributed by atoms with Crippen molar-refractivity contribution in [1.82, 2.24) is 20.0 Å². The van der Waals surface area contributed by atoms with Crippen LogP contribution in [-0.2, 0) is 12.7 Å². The van der Waals surface area contributed by atoms with Crippen molar-refractivity contribution in [3.8, 4) is 11.3 Å². The van der Waals surface area contributed by atoms with E-state index in [4.69, 9.17) is 0 Å². The van der Waals surface area contributed by atoms with Crippen LogP contribution in [0.3, 0.4) is 0 Å². The topological polar surface area (TPSA) is 32.3 Å². The molecule has 0 amide bonds. The van der Waals surface area contributed by atoms with E-state index < -0.39 is 17.6 Å². The Morgan fingerprint density at radius 1 is 1.08 bits per heavy atom. The maximum atomic E-state index is 13.3. The van der Waals surface area contributed by atoms with Crippen molar-refractivity contribution in [1.29, 1.82) is 0 Å². The lowest BCUT2D eigenvalue weighted by molar-refractivity contribution is -0.139. The minimum atomic E-state index is -4.75. The molecule has 2 heterocycles. The van der Waals surface area contributed by atoms with Crippen LogP contribution in [0.15, 0.2) is 42.7 Å². The number of alkyl halides is 3. The van der Waals surface area contributed by atoms with Gasteiger partial charge < -0.3 is 9.80 Å². The molecule has 0 aliphatic carbocycles. The van der Waals surface area contributed by atoms with Gasteiger partial charge in [-0.15, -0.1) is 0 Å². The van der Waals surface area contributed by atoms with Crippen molar-refractivity contribution >= 4 is 0 Å². The lowest BCUT2D eigenvalue weighted by Gasteiger charge is -2.17. The largest absolute Gasteiger partial charge is 0.419 e. The molecule has 1 aromatic heterocycles. The van der Waals surface area contributed by atoms with Gasteiger partial charge in [-0.05, 0) is 30.3 Å². The first-order valence-corrected chi connectivity index (χ1v) is 7.15. The average molecular weight is 338 g/mol. The van der Waals surface area contributed by atoms with Crippen LogP contribution >= 0.6 is 0 Å². The Hall–Kier alpha value is -2.64. The Labute approximate surface area is 136 Å². The van der Waals surface area contributed by atoms with Gasteiger partial charge in [-0.25, -0.2) is 4.39 Å². The second kappa shape index (κ2) is 6.10. The number of benzene rings is 1. The number of nitrogens with zero attached hydrogens (tertiary/aromatic N) is 4. The highest BCUT2D eigenvalue weighted by atomic mass is 19.4. The molecule has 8 heteroatoms. The molecule has 3 rings (SSSR count). The first-order valence-electron chi connectivity index (χ1n) is 7.15. The van der Waals surface area contributed by atoms with Gasteiger partial charge in [0.2, 0.25) is 0 Å². The zero-order valence-electron chi connectivity index (χ0n) is 12.8. The lowest BCUT2D eigenvalue weighted by Crippen LogP contribution is -2.22. The lowest BCUT2D eigenvalue weighted by atomic mass is 10.1. The maximum Gasteiger partial charge on any atom is 0.419 e. The number of hydrogen-bond donors (Lipinski definition) is 0. The smallest absolute Gasteiger partial charge is 0.362 e. The van der Waals surface area contributed by atoms with E-state index in [1.165, 1.54) is 6.07 Å². The molecule has 1 aliphatic rings. The van der Waals surface area contributed by atoms with Crippen molar-refractivity contribution in [2.75, 3.05) is 13.7 Å². The number of rotatable bonds is 3. The number of hydrogen-bond acceptors (Lipinski definition) is 4. The van der Waals surface area contributed by atoms with Gasteiger partial charge in [0.15, 0.2) is 0 Å². The number of halogens is 4. The van der Waals surface area contributed by atoms with E-state index in [1.807, 2.05) is 29.2 Å². The quantitative estimate of drug-likeness (QED) is 0.802. The third-order valence-electron chi connectivity index (χ3n) is 3.59. The third-order valence-corrected chi connectivity index (χ3v) is 3.59. The second-order valence-corrected chi connectivity index (χ2v) is 5.55. The van der Waals surface area contributed by atoms with Crippen molar-refractivity contribution in [3.05, 3.63) is 59.8 Å². The molecule has 0 saturated carbocycles. The van der Waals surface area contributed by atoms with Crippen molar-refractivity contribution in [2.45, 2.75) is 12.7 Å². The molecule has 2 aromatic rings. The molecule has 0 radical (unpaired) electrons. The van der Waals surface area contributed by atoms with Crippen LogP contribution in [-0.4, -0.2) is 33.7 Å². The summed E-state index contributed by atoms with van der Waals surface area (Å²) in [7, 11) is 1.94. The van der Waals surface area contributed by atoms with Gasteiger partial charge in [0.1, 0.15) is 5.82 Å². The molecule has 0 atom stereocenters. The minimum Gasteiger partial charge on any atom is -0.362 e. The molecule has 0 bridgehead atoms. The molecular weight excluding hydrogens is 324 g/mol. The molecule has 1 aliphatic heterocycles. The molecule has 4 nitrogen and oxygen atoms in total. The standard InChI is InChI=1S/C16H14F4N4/c1-23-6-7-24(10-23)9-12-3-5-15(22-21-12)11-2-4-14(17)13(8-11)16(18,19)20/h2-8H,9-10H2,1H3. The van der Waals surface area contributed by atoms with Crippen LogP contribution in [0.2, 0.25) is 0 Å². The van der Waals surface area contributed by atoms with Gasteiger partial charge in [0.25, 0.3) is 0 Å². The van der Waals surface area contributed by atoms with E-state index in [0.29, 0.717) is 12.2 Å². The van der Waals surface area contributed by atoms with E-state index >= 15 is 0 Å². The van der Waals surface area contributed by atoms with E-state index in [9.17, 15) is 17.6 Å². The first kappa shape index (κ1) is 16.2. The van der Waals surface area contributed by atoms with E-state index in [2.05, 4.69) is 10.2 Å². The molecule has 0 unspecified atom stereocenters. The van der Waals surface area contributed by atoms with Gasteiger partial charge >= 0.3 is 6.18 Å². The third kappa shape index (κ3) is 3.47. The van der Waals surface area contributed by atoms with Gasteiger partial charge in [-0.2, -0.15) is 23.4 Å². The SMILES string of the molecule is CN1C=CN(Cc2ccc(-c3ccc(F)c(C(F)(F)F)c3)nn2)C1. The first-order chi connectivity index (χ1) is 11.3. The molecule has 0 fully saturated rings. The van der Waals surface area contributed by atoms with Crippen LogP contribution in [0.1, 0.15) is 11.3 Å². The predicted octanol–water partition coefficient (Wildman–Crippen LogP) is 3.48. The van der Waals surface area contributed by atoms with Crippen molar-refractivity contribution in [2.24, 2.45) is 0 Å². The maximum absolute atomic E-state index is 13.3. The monoisotopic (exact) mass is 338 g/mol. The Morgan fingerprint density at radius 3 is 2.46 bits per heavy atom. The minimum absolute atomic E-state index is 0.170. The van der Waals surface area contributed by atoms with E-state index in [1.54, 1.807) is 12.1 Å². The summed E-state index contributed by atoms with van der Waals surface area (Å²) in [5, 5.41) is 8.00. The van der Waals surface area contributed by atoms with Gasteiger partial charge in [0.05, 0.1) is 30.2 Å². The fourth-order valence-electron chi connectivity index (χ4n) is 2.40. The summed E-state index contributed by atoms with van der Waals surface area (Å²) in [5.41, 5.74) is -0.185. The Kier molecular flexibility index (Phi) is 4.13. The van der Waals surface area contributed by atoms with Crippen LogP contribution in [0.5, 0.6) is 0 Å². The van der Waals surface area contributed by atoms with Crippen LogP contribution in [0.4, 0.5) is 17.6 Å². The van der Waals surface area contributed by atoms with Crippen molar-refractivity contribution in [3.63, 3.8) is 0 Å². The van der Waals surface area contributed by atoms with Gasteiger partial charge in [-0.1, -0.05) is 0 Å². The highest BCUT2D eigenvalue weighted by Gasteiger charge is 2.34. The summed E-state index contributed by atoms with van der Waals surface area (Å²) >= 11 is 0. The summed E-state index contributed by atoms with van der Waals surface area (Å²) in [6.45, 7) is 1.28. The summed E-state index contributed by atoms with van der Waals surface area (Å²) in [4.78, 5) is 4.02. The number of aromatic nitrogens is 2. The molecule has 1 aromatic carbocycles. The second-order valence-electron chi connectivity index (χ2n) is 5.55. The molecule has 126 valence electrons. The fourth-order valence-corrected chi connectivity index (χ4v) is 2.40. The molecule has 0 N–H and O–H groups in total. The van der Waals surface area contributed by atoms with Crippen molar-refractivity contribution < 1.29 is 17.6 Å². The predicted molar refractivity (Wildman–Crippen MR) is 79.7 cm³/mol.